The Bertz CT molecular complexity index is 1040. The maximum atomic E-state index is 13.4. The molecule has 0 radical (unpaired) electrons. The summed E-state index contributed by atoms with van der Waals surface area (Å²) in [4.78, 5) is 17.0. The van der Waals surface area contributed by atoms with Crippen molar-refractivity contribution in [2.75, 3.05) is 45.2 Å². The van der Waals surface area contributed by atoms with E-state index in [2.05, 4.69) is 0 Å². The molecule has 0 aliphatic carbocycles. The normalized spacial score (nSPS) is 15.3. The van der Waals surface area contributed by atoms with Gasteiger partial charge in [-0.1, -0.05) is 12.1 Å². The predicted octanol–water partition coefficient (Wildman–Crippen LogP) is 3.13. The van der Waals surface area contributed by atoms with Crippen molar-refractivity contribution < 1.29 is 13.2 Å². The van der Waals surface area contributed by atoms with Crippen LogP contribution in [0.2, 0.25) is 0 Å². The smallest absolute Gasteiger partial charge is 0.254 e. The Hall–Kier alpha value is -2.38. The quantitative estimate of drug-likeness (QED) is 0.749. The second-order valence-electron chi connectivity index (χ2n) is 8.23. The number of hydrogen-bond donors (Lipinski definition) is 0. The van der Waals surface area contributed by atoms with E-state index >= 15 is 0 Å². The predicted molar refractivity (Wildman–Crippen MR) is 121 cm³/mol. The number of amides is 1. The van der Waals surface area contributed by atoms with E-state index in [0.717, 1.165) is 27.9 Å². The highest BCUT2D eigenvalue weighted by Crippen LogP contribution is 2.29. The van der Waals surface area contributed by atoms with Gasteiger partial charge in [-0.3, -0.25) is 4.79 Å². The second-order valence-corrected chi connectivity index (χ2v) is 10.1. The number of sulfonamides is 1. The van der Waals surface area contributed by atoms with Gasteiger partial charge in [-0.15, -0.1) is 0 Å². The number of piperazine rings is 1. The van der Waals surface area contributed by atoms with Crippen molar-refractivity contribution in [2.45, 2.75) is 32.6 Å². The lowest BCUT2D eigenvalue weighted by Gasteiger charge is -2.35. The van der Waals surface area contributed by atoms with Gasteiger partial charge >= 0.3 is 0 Å². The van der Waals surface area contributed by atoms with E-state index in [0.29, 0.717) is 36.6 Å². The number of hydrogen-bond acceptors (Lipinski definition) is 4. The number of carbonyl (C=O) groups excluding carboxylic acids is 1. The van der Waals surface area contributed by atoms with Gasteiger partial charge in [-0.05, 0) is 68.1 Å². The number of aryl methyl sites for hydroxylation is 2. The average Bonchev–Trinajstić information content (AvgIpc) is 2.72. The zero-order valence-corrected chi connectivity index (χ0v) is 19.5. The number of anilines is 1. The van der Waals surface area contributed by atoms with Crippen molar-refractivity contribution in [1.29, 1.82) is 0 Å². The molecule has 6 nitrogen and oxygen atoms in total. The van der Waals surface area contributed by atoms with Crippen LogP contribution in [0, 0.1) is 27.7 Å². The van der Waals surface area contributed by atoms with E-state index in [1.165, 1.54) is 4.31 Å². The van der Waals surface area contributed by atoms with Crippen LogP contribution >= 0.6 is 0 Å². The standard InChI is InChI=1S/C23H31N3O3S/c1-16-14-17(2)19(4)22(18(16)3)30(28,29)26-12-10-25(11-13-26)23(27)20-8-7-9-21(15-20)24(5)6/h7-9,14-15H,10-13H2,1-6H3. The summed E-state index contributed by atoms with van der Waals surface area (Å²) < 4.78 is 28.3. The van der Waals surface area contributed by atoms with Crippen LogP contribution in [-0.2, 0) is 10.0 Å². The van der Waals surface area contributed by atoms with Crippen molar-refractivity contribution in [1.82, 2.24) is 9.21 Å². The Balaban J connectivity index is 1.79. The van der Waals surface area contributed by atoms with Gasteiger partial charge in [0.15, 0.2) is 0 Å². The maximum absolute atomic E-state index is 13.4. The van der Waals surface area contributed by atoms with E-state index in [1.807, 2.05) is 71.0 Å². The van der Waals surface area contributed by atoms with E-state index in [4.69, 9.17) is 0 Å². The Morgan fingerprint density at radius 3 is 2.00 bits per heavy atom. The van der Waals surface area contributed by atoms with E-state index in [-0.39, 0.29) is 5.91 Å². The first-order valence-corrected chi connectivity index (χ1v) is 11.6. The van der Waals surface area contributed by atoms with Gasteiger partial charge in [-0.2, -0.15) is 4.31 Å². The molecule has 2 aromatic carbocycles. The van der Waals surface area contributed by atoms with Crippen LogP contribution in [0.3, 0.4) is 0 Å². The molecular formula is C23H31N3O3S. The molecule has 0 atom stereocenters. The summed E-state index contributed by atoms with van der Waals surface area (Å²) >= 11 is 0. The van der Waals surface area contributed by atoms with Gasteiger partial charge in [0, 0.05) is 51.5 Å². The van der Waals surface area contributed by atoms with E-state index in [1.54, 1.807) is 11.0 Å². The van der Waals surface area contributed by atoms with Crippen molar-refractivity contribution in [3.05, 3.63) is 58.1 Å². The minimum Gasteiger partial charge on any atom is -0.378 e. The summed E-state index contributed by atoms with van der Waals surface area (Å²) in [6.45, 7) is 8.98. The van der Waals surface area contributed by atoms with Gasteiger partial charge in [0.1, 0.15) is 0 Å². The Kier molecular flexibility index (Phi) is 6.24. The molecule has 1 heterocycles. The highest BCUT2D eigenvalue weighted by molar-refractivity contribution is 7.89. The monoisotopic (exact) mass is 429 g/mol. The lowest BCUT2D eigenvalue weighted by atomic mass is 10.0. The summed E-state index contributed by atoms with van der Waals surface area (Å²) in [5.74, 6) is -0.0606. The molecule has 0 bridgehead atoms. The molecule has 0 saturated carbocycles. The molecular weight excluding hydrogens is 398 g/mol. The molecule has 1 fully saturated rings. The Morgan fingerprint density at radius 2 is 1.47 bits per heavy atom. The third-order valence-corrected chi connectivity index (χ3v) is 8.20. The fourth-order valence-corrected chi connectivity index (χ4v) is 5.93. The minimum atomic E-state index is -3.61. The molecule has 3 rings (SSSR count). The summed E-state index contributed by atoms with van der Waals surface area (Å²) in [7, 11) is 0.258. The Morgan fingerprint density at radius 1 is 0.900 bits per heavy atom. The van der Waals surface area contributed by atoms with Gasteiger partial charge < -0.3 is 9.80 Å². The van der Waals surface area contributed by atoms with Crippen LogP contribution in [0.25, 0.3) is 0 Å². The fraction of sp³-hybridized carbons (Fsp3) is 0.435. The summed E-state index contributed by atoms with van der Waals surface area (Å²) in [5.41, 5.74) is 5.15. The number of nitrogens with zero attached hydrogens (tertiary/aromatic N) is 3. The third kappa shape index (κ3) is 4.09. The van der Waals surface area contributed by atoms with Crippen molar-refractivity contribution in [2.24, 2.45) is 0 Å². The molecule has 2 aromatic rings. The fourth-order valence-electron chi connectivity index (χ4n) is 3.93. The first kappa shape index (κ1) is 22.3. The first-order valence-electron chi connectivity index (χ1n) is 10.2. The molecule has 7 heteroatoms. The topological polar surface area (TPSA) is 60.9 Å². The lowest BCUT2D eigenvalue weighted by molar-refractivity contribution is 0.0698. The van der Waals surface area contributed by atoms with Crippen LogP contribution in [0.5, 0.6) is 0 Å². The van der Waals surface area contributed by atoms with Crippen molar-refractivity contribution >= 4 is 21.6 Å². The molecule has 162 valence electrons. The van der Waals surface area contributed by atoms with Gasteiger partial charge in [0.2, 0.25) is 10.0 Å². The number of rotatable bonds is 4. The van der Waals surface area contributed by atoms with Gasteiger partial charge in [0.25, 0.3) is 5.91 Å². The first-order chi connectivity index (χ1) is 14.0. The summed E-state index contributed by atoms with van der Waals surface area (Å²) in [5, 5.41) is 0. The average molecular weight is 430 g/mol. The molecule has 1 amide bonds. The van der Waals surface area contributed by atoms with E-state index in [9.17, 15) is 13.2 Å². The largest absolute Gasteiger partial charge is 0.378 e. The maximum Gasteiger partial charge on any atom is 0.254 e. The van der Waals surface area contributed by atoms with Gasteiger partial charge in [0.05, 0.1) is 4.90 Å². The van der Waals surface area contributed by atoms with Crippen molar-refractivity contribution in [3.63, 3.8) is 0 Å². The highest BCUT2D eigenvalue weighted by atomic mass is 32.2. The third-order valence-electron chi connectivity index (χ3n) is 6.03. The lowest BCUT2D eigenvalue weighted by Crippen LogP contribution is -2.50. The highest BCUT2D eigenvalue weighted by Gasteiger charge is 2.33. The second kappa shape index (κ2) is 8.40. The van der Waals surface area contributed by atoms with Crippen molar-refractivity contribution in [3.8, 4) is 0 Å². The van der Waals surface area contributed by atoms with Crippen LogP contribution < -0.4 is 4.90 Å². The zero-order valence-electron chi connectivity index (χ0n) is 18.7. The molecule has 0 unspecified atom stereocenters. The van der Waals surface area contributed by atoms with Crippen LogP contribution in [0.15, 0.2) is 35.2 Å². The summed E-state index contributed by atoms with van der Waals surface area (Å²) in [6, 6.07) is 9.53. The molecule has 30 heavy (non-hydrogen) atoms. The van der Waals surface area contributed by atoms with Crippen LogP contribution in [0.4, 0.5) is 5.69 Å². The SMILES string of the molecule is Cc1cc(C)c(C)c(S(=O)(=O)N2CCN(C(=O)c3cccc(N(C)C)c3)CC2)c1C. The molecule has 0 spiro atoms. The molecule has 1 aliphatic rings. The van der Waals surface area contributed by atoms with Crippen LogP contribution in [0.1, 0.15) is 32.6 Å². The number of carbonyl (C=O) groups is 1. The molecule has 1 aliphatic heterocycles. The van der Waals surface area contributed by atoms with E-state index < -0.39 is 10.0 Å². The zero-order chi connectivity index (χ0) is 22.2. The molecule has 1 saturated heterocycles. The van der Waals surface area contributed by atoms with Gasteiger partial charge in [-0.25, -0.2) is 8.42 Å². The molecule has 0 N–H and O–H groups in total. The van der Waals surface area contributed by atoms with Crippen LogP contribution in [-0.4, -0.2) is 63.8 Å². The number of benzene rings is 2. The molecule has 0 aromatic heterocycles. The Labute approximate surface area is 180 Å². The minimum absolute atomic E-state index is 0.0606. The summed E-state index contributed by atoms with van der Waals surface area (Å²) in [6.07, 6.45) is 0.